The zero-order chi connectivity index (χ0) is 13.4. The van der Waals surface area contributed by atoms with Gasteiger partial charge in [0, 0.05) is 5.69 Å². The Bertz CT molecular complexity index is 787. The number of nitrogens with one attached hydrogen (secondary N) is 1. The van der Waals surface area contributed by atoms with Gasteiger partial charge in [-0.15, -0.1) is 0 Å². The number of imidazole rings is 1. The van der Waals surface area contributed by atoms with E-state index in [9.17, 15) is 9.18 Å². The second-order valence-corrected chi connectivity index (χ2v) is 4.42. The minimum absolute atomic E-state index is 0.204. The molecule has 1 aromatic heterocycles. The van der Waals surface area contributed by atoms with Crippen molar-refractivity contribution in [1.82, 2.24) is 9.55 Å². The van der Waals surface area contributed by atoms with Crippen LogP contribution < -0.4 is 11.4 Å². The summed E-state index contributed by atoms with van der Waals surface area (Å²) < 4.78 is 14.4. The van der Waals surface area contributed by atoms with Gasteiger partial charge < -0.3 is 10.7 Å². The number of aromatic amines is 1. The molecular formula is C14H12FN3O. The molecule has 96 valence electrons. The van der Waals surface area contributed by atoms with Gasteiger partial charge in [0.2, 0.25) is 0 Å². The van der Waals surface area contributed by atoms with E-state index >= 15 is 0 Å². The Labute approximate surface area is 108 Å². The first-order chi connectivity index (χ1) is 9.13. The Morgan fingerprint density at radius 3 is 2.63 bits per heavy atom. The average Bonchev–Trinajstić information content (AvgIpc) is 2.69. The van der Waals surface area contributed by atoms with Crippen LogP contribution in [0.25, 0.3) is 11.0 Å². The lowest BCUT2D eigenvalue weighted by atomic mass is 10.2. The number of hydrogen-bond acceptors (Lipinski definition) is 2. The third kappa shape index (κ3) is 2.10. The Kier molecular flexibility index (Phi) is 2.59. The summed E-state index contributed by atoms with van der Waals surface area (Å²) in [7, 11) is 0. The van der Waals surface area contributed by atoms with E-state index in [0.717, 1.165) is 16.6 Å². The van der Waals surface area contributed by atoms with Gasteiger partial charge in [0.25, 0.3) is 0 Å². The molecular weight excluding hydrogens is 245 g/mol. The van der Waals surface area contributed by atoms with Crippen molar-refractivity contribution in [3.8, 4) is 0 Å². The first-order valence-corrected chi connectivity index (χ1v) is 5.86. The highest BCUT2D eigenvalue weighted by Gasteiger charge is 2.07. The molecule has 0 aliphatic rings. The number of hydrogen-bond donors (Lipinski definition) is 2. The molecule has 0 spiro atoms. The van der Waals surface area contributed by atoms with Crippen LogP contribution in [0.1, 0.15) is 5.56 Å². The van der Waals surface area contributed by atoms with Gasteiger partial charge in [0.05, 0.1) is 17.6 Å². The van der Waals surface area contributed by atoms with E-state index in [-0.39, 0.29) is 11.5 Å². The summed E-state index contributed by atoms with van der Waals surface area (Å²) in [5.41, 5.74) is 8.46. The fraction of sp³-hybridized carbons (Fsp3) is 0.0714. The molecule has 0 amide bonds. The van der Waals surface area contributed by atoms with Crippen molar-refractivity contribution in [2.24, 2.45) is 0 Å². The molecule has 1 heterocycles. The van der Waals surface area contributed by atoms with E-state index in [1.54, 1.807) is 34.9 Å². The summed E-state index contributed by atoms with van der Waals surface area (Å²) in [4.78, 5) is 14.7. The zero-order valence-electron chi connectivity index (χ0n) is 10.1. The van der Waals surface area contributed by atoms with E-state index in [4.69, 9.17) is 5.73 Å². The first-order valence-electron chi connectivity index (χ1n) is 5.86. The number of nitrogen functional groups attached to an aromatic ring is 1. The molecule has 3 aromatic rings. The summed E-state index contributed by atoms with van der Waals surface area (Å²) in [6.45, 7) is 0.378. The number of anilines is 1. The largest absolute Gasteiger partial charge is 0.399 e. The van der Waals surface area contributed by atoms with Crippen molar-refractivity contribution < 1.29 is 4.39 Å². The fourth-order valence-corrected chi connectivity index (χ4v) is 2.10. The van der Waals surface area contributed by atoms with Gasteiger partial charge in [-0.25, -0.2) is 9.18 Å². The second-order valence-electron chi connectivity index (χ2n) is 4.42. The van der Waals surface area contributed by atoms with Gasteiger partial charge in [0.15, 0.2) is 0 Å². The number of rotatable bonds is 2. The van der Waals surface area contributed by atoms with Crippen LogP contribution in [0.3, 0.4) is 0 Å². The Balaban J connectivity index is 2.09. The van der Waals surface area contributed by atoms with Crippen LogP contribution in [-0.4, -0.2) is 9.55 Å². The SMILES string of the molecule is Nc1ccc2[nH]c(=O)n(Cc3ccc(F)cc3)c2c1. The lowest BCUT2D eigenvalue weighted by Crippen LogP contribution is -2.17. The molecule has 0 saturated heterocycles. The van der Waals surface area contributed by atoms with E-state index in [2.05, 4.69) is 4.98 Å². The van der Waals surface area contributed by atoms with Crippen molar-refractivity contribution >= 4 is 16.7 Å². The van der Waals surface area contributed by atoms with Crippen molar-refractivity contribution in [2.45, 2.75) is 6.54 Å². The molecule has 0 fully saturated rings. The van der Waals surface area contributed by atoms with E-state index in [1.165, 1.54) is 12.1 Å². The number of halogens is 1. The first kappa shape index (κ1) is 11.5. The van der Waals surface area contributed by atoms with Gasteiger partial charge in [-0.1, -0.05) is 12.1 Å². The standard InChI is InChI=1S/C14H12FN3O/c15-10-3-1-9(2-4-10)8-18-13-7-11(16)5-6-12(13)17-14(18)19/h1-7H,8,16H2,(H,17,19). The predicted molar refractivity (Wildman–Crippen MR) is 72.5 cm³/mol. The Morgan fingerprint density at radius 1 is 1.16 bits per heavy atom. The molecule has 3 rings (SSSR count). The molecule has 0 bridgehead atoms. The lowest BCUT2D eigenvalue weighted by molar-refractivity contribution is 0.626. The topological polar surface area (TPSA) is 63.8 Å². The zero-order valence-corrected chi connectivity index (χ0v) is 10.1. The van der Waals surface area contributed by atoms with Crippen molar-refractivity contribution in [2.75, 3.05) is 5.73 Å². The number of nitrogens with zero attached hydrogens (tertiary/aromatic N) is 1. The fourth-order valence-electron chi connectivity index (χ4n) is 2.10. The molecule has 19 heavy (non-hydrogen) atoms. The monoisotopic (exact) mass is 257 g/mol. The summed E-state index contributed by atoms with van der Waals surface area (Å²) in [5.74, 6) is -0.292. The van der Waals surface area contributed by atoms with Gasteiger partial charge in [-0.3, -0.25) is 4.57 Å². The van der Waals surface area contributed by atoms with Crippen LogP contribution in [-0.2, 0) is 6.54 Å². The second kappa shape index (κ2) is 4.28. The highest BCUT2D eigenvalue weighted by atomic mass is 19.1. The average molecular weight is 257 g/mol. The molecule has 0 saturated carbocycles. The summed E-state index contributed by atoms with van der Waals surface area (Å²) >= 11 is 0. The number of nitrogens with two attached hydrogens (primary N) is 1. The molecule has 2 aromatic carbocycles. The van der Waals surface area contributed by atoms with Crippen molar-refractivity contribution in [3.05, 3.63) is 64.3 Å². The van der Waals surface area contributed by atoms with Gasteiger partial charge in [-0.05, 0) is 35.9 Å². The predicted octanol–water partition coefficient (Wildman–Crippen LogP) is 2.10. The molecule has 0 aliphatic heterocycles. The summed E-state index contributed by atoms with van der Waals surface area (Å²) in [6, 6.07) is 11.3. The maximum atomic E-state index is 12.9. The maximum Gasteiger partial charge on any atom is 0.326 e. The number of fused-ring (bicyclic) bond motifs is 1. The number of aromatic nitrogens is 2. The molecule has 0 aliphatic carbocycles. The normalized spacial score (nSPS) is 11.0. The molecule has 3 N–H and O–H groups in total. The summed E-state index contributed by atoms with van der Waals surface area (Å²) in [5, 5.41) is 0. The van der Waals surface area contributed by atoms with Crippen LogP contribution in [0.2, 0.25) is 0 Å². The third-order valence-corrected chi connectivity index (χ3v) is 3.05. The van der Waals surface area contributed by atoms with Crippen LogP contribution in [0, 0.1) is 5.82 Å². The lowest BCUT2D eigenvalue weighted by Gasteiger charge is -2.04. The maximum absolute atomic E-state index is 12.9. The molecule has 5 heteroatoms. The number of H-pyrrole nitrogens is 1. The van der Waals surface area contributed by atoms with Gasteiger partial charge in [-0.2, -0.15) is 0 Å². The quantitative estimate of drug-likeness (QED) is 0.690. The van der Waals surface area contributed by atoms with Crippen LogP contribution >= 0.6 is 0 Å². The highest BCUT2D eigenvalue weighted by Crippen LogP contribution is 2.15. The summed E-state index contributed by atoms with van der Waals surface area (Å²) in [6.07, 6.45) is 0. The van der Waals surface area contributed by atoms with E-state index in [1.807, 2.05) is 0 Å². The van der Waals surface area contributed by atoms with Crippen LogP contribution in [0.5, 0.6) is 0 Å². The highest BCUT2D eigenvalue weighted by molar-refractivity contribution is 5.79. The minimum atomic E-state index is -0.292. The van der Waals surface area contributed by atoms with Crippen LogP contribution in [0.4, 0.5) is 10.1 Å². The number of benzene rings is 2. The Morgan fingerprint density at radius 2 is 1.89 bits per heavy atom. The van der Waals surface area contributed by atoms with Crippen molar-refractivity contribution in [1.29, 1.82) is 0 Å². The molecule has 0 atom stereocenters. The smallest absolute Gasteiger partial charge is 0.326 e. The van der Waals surface area contributed by atoms with E-state index < -0.39 is 0 Å². The molecule has 0 unspecified atom stereocenters. The van der Waals surface area contributed by atoms with Gasteiger partial charge >= 0.3 is 5.69 Å². The molecule has 0 radical (unpaired) electrons. The van der Waals surface area contributed by atoms with Crippen molar-refractivity contribution in [3.63, 3.8) is 0 Å². The Hall–Kier alpha value is -2.56. The van der Waals surface area contributed by atoms with Gasteiger partial charge in [0.1, 0.15) is 5.82 Å². The molecule has 4 nitrogen and oxygen atoms in total. The third-order valence-electron chi connectivity index (χ3n) is 3.05. The van der Waals surface area contributed by atoms with Crippen LogP contribution in [0.15, 0.2) is 47.3 Å². The minimum Gasteiger partial charge on any atom is -0.399 e. The van der Waals surface area contributed by atoms with E-state index in [0.29, 0.717) is 12.2 Å².